The quantitative estimate of drug-likeness (QED) is 0.470. The van der Waals surface area contributed by atoms with Crippen LogP contribution in [0.4, 0.5) is 11.4 Å². The van der Waals surface area contributed by atoms with E-state index in [9.17, 15) is 4.79 Å². The molecule has 4 rings (SSSR count). The Bertz CT molecular complexity index is 1190. The molecule has 0 radical (unpaired) electrons. The summed E-state index contributed by atoms with van der Waals surface area (Å²) in [7, 11) is 0. The predicted molar refractivity (Wildman–Crippen MR) is 142 cm³/mol. The number of anilines is 2. The Morgan fingerprint density at radius 1 is 1.03 bits per heavy atom. The second-order valence-electron chi connectivity index (χ2n) is 9.28. The lowest BCUT2D eigenvalue weighted by molar-refractivity contribution is -0.116. The number of pyridine rings is 1. The number of carbonyl (C=O) groups is 1. The molecule has 0 spiro atoms. The first-order chi connectivity index (χ1) is 17.5. The molecule has 3 heterocycles. The Hall–Kier alpha value is -3.70. The van der Waals surface area contributed by atoms with Crippen LogP contribution in [0.2, 0.25) is 0 Å². The van der Waals surface area contributed by atoms with Crippen molar-refractivity contribution in [3.63, 3.8) is 0 Å². The van der Waals surface area contributed by atoms with E-state index in [1.807, 2.05) is 49.1 Å². The van der Waals surface area contributed by atoms with Crippen LogP contribution in [0.5, 0.6) is 0 Å². The first-order valence-electron chi connectivity index (χ1n) is 12.7. The van der Waals surface area contributed by atoms with Gasteiger partial charge in [0.15, 0.2) is 0 Å². The number of nitrogens with zero attached hydrogens (tertiary/aromatic N) is 6. The summed E-state index contributed by atoms with van der Waals surface area (Å²) >= 11 is 0. The maximum absolute atomic E-state index is 12.9. The van der Waals surface area contributed by atoms with Gasteiger partial charge in [-0.1, -0.05) is 12.1 Å². The Labute approximate surface area is 213 Å². The number of benzene rings is 1. The molecular formula is C28H35N7O. The first-order valence-corrected chi connectivity index (χ1v) is 12.7. The highest BCUT2D eigenvalue weighted by Crippen LogP contribution is 2.27. The number of carbonyl (C=O) groups excluding carboxylic acids is 1. The number of nitriles is 1. The Morgan fingerprint density at radius 2 is 1.78 bits per heavy atom. The average Bonchev–Trinajstić information content (AvgIpc) is 3.18. The molecule has 0 unspecified atom stereocenters. The second-order valence-corrected chi connectivity index (χ2v) is 9.28. The van der Waals surface area contributed by atoms with Crippen LogP contribution in [0.1, 0.15) is 35.4 Å². The molecule has 1 saturated heterocycles. The van der Waals surface area contributed by atoms with E-state index in [-0.39, 0.29) is 5.91 Å². The van der Waals surface area contributed by atoms with Crippen molar-refractivity contribution in [2.24, 2.45) is 0 Å². The van der Waals surface area contributed by atoms with Crippen molar-refractivity contribution in [1.82, 2.24) is 19.7 Å². The van der Waals surface area contributed by atoms with E-state index < -0.39 is 0 Å². The SMILES string of the molecule is Cc1nn(CCC#N)c(C)c1CCC(=O)Nc1ccccc1N1CCN(CCc2ccncc2)CC1. The maximum atomic E-state index is 12.9. The minimum Gasteiger partial charge on any atom is -0.367 e. The summed E-state index contributed by atoms with van der Waals surface area (Å²) in [5.74, 6) is 0.00186. The fourth-order valence-electron chi connectivity index (χ4n) is 4.82. The Kier molecular flexibility index (Phi) is 8.69. The van der Waals surface area contributed by atoms with Crippen molar-refractivity contribution in [1.29, 1.82) is 5.26 Å². The topological polar surface area (TPSA) is 90.1 Å². The predicted octanol–water partition coefficient (Wildman–Crippen LogP) is 3.74. The van der Waals surface area contributed by atoms with Crippen LogP contribution in [-0.4, -0.2) is 58.3 Å². The average molecular weight is 486 g/mol. The van der Waals surface area contributed by atoms with Crippen LogP contribution in [-0.2, 0) is 24.2 Å². The van der Waals surface area contributed by atoms with Gasteiger partial charge in [-0.05, 0) is 62.1 Å². The standard InChI is InChI=1S/C28H35N7O/c1-22-25(23(2)35(32-22)16-5-13-29)8-9-28(36)31-26-6-3-4-7-27(26)34-20-18-33(19-21-34)17-12-24-10-14-30-15-11-24/h3-4,6-7,10-11,14-15H,5,8-9,12,16-21H2,1-2H3,(H,31,36). The van der Waals surface area contributed by atoms with Crippen molar-refractivity contribution >= 4 is 17.3 Å². The summed E-state index contributed by atoms with van der Waals surface area (Å²) in [6, 6.07) is 14.4. The lowest BCUT2D eigenvalue weighted by atomic mass is 10.1. The first kappa shape index (κ1) is 25.4. The molecule has 8 heteroatoms. The van der Waals surface area contributed by atoms with E-state index in [1.165, 1.54) is 5.56 Å². The van der Waals surface area contributed by atoms with Gasteiger partial charge in [-0.15, -0.1) is 0 Å². The number of aromatic nitrogens is 3. The fraction of sp³-hybridized carbons (Fsp3) is 0.429. The van der Waals surface area contributed by atoms with Gasteiger partial charge in [0.2, 0.25) is 5.91 Å². The van der Waals surface area contributed by atoms with Crippen molar-refractivity contribution < 1.29 is 4.79 Å². The molecule has 1 fully saturated rings. The molecule has 36 heavy (non-hydrogen) atoms. The van der Waals surface area contributed by atoms with Gasteiger partial charge in [0, 0.05) is 57.2 Å². The highest BCUT2D eigenvalue weighted by atomic mass is 16.1. The van der Waals surface area contributed by atoms with E-state index in [0.717, 1.165) is 67.5 Å². The van der Waals surface area contributed by atoms with Gasteiger partial charge in [-0.3, -0.25) is 19.4 Å². The lowest BCUT2D eigenvalue weighted by Gasteiger charge is -2.37. The summed E-state index contributed by atoms with van der Waals surface area (Å²) in [5.41, 5.74) is 6.33. The van der Waals surface area contributed by atoms with Gasteiger partial charge in [-0.25, -0.2) is 0 Å². The second kappa shape index (κ2) is 12.3. The highest BCUT2D eigenvalue weighted by molar-refractivity contribution is 5.94. The van der Waals surface area contributed by atoms with Crippen molar-refractivity contribution in [2.45, 2.75) is 46.1 Å². The molecule has 1 aliphatic rings. The van der Waals surface area contributed by atoms with Crippen LogP contribution in [0.15, 0.2) is 48.8 Å². The molecular weight excluding hydrogens is 450 g/mol. The zero-order valence-electron chi connectivity index (χ0n) is 21.3. The minimum atomic E-state index is 0.00186. The number of aryl methyl sites for hydroxylation is 2. The molecule has 2 aromatic heterocycles. The third-order valence-electron chi connectivity index (χ3n) is 6.93. The van der Waals surface area contributed by atoms with Crippen molar-refractivity contribution in [3.8, 4) is 6.07 Å². The number of rotatable bonds is 10. The van der Waals surface area contributed by atoms with E-state index in [0.29, 0.717) is 25.8 Å². The number of hydrogen-bond donors (Lipinski definition) is 1. The normalized spacial score (nSPS) is 14.0. The molecule has 1 N–H and O–H groups in total. The maximum Gasteiger partial charge on any atom is 0.224 e. The number of para-hydroxylation sites is 2. The lowest BCUT2D eigenvalue weighted by Crippen LogP contribution is -2.47. The van der Waals surface area contributed by atoms with E-state index >= 15 is 0 Å². The van der Waals surface area contributed by atoms with Crippen molar-refractivity contribution in [2.75, 3.05) is 42.9 Å². The molecule has 0 bridgehead atoms. The van der Waals surface area contributed by atoms with Gasteiger partial charge >= 0.3 is 0 Å². The highest BCUT2D eigenvalue weighted by Gasteiger charge is 2.20. The van der Waals surface area contributed by atoms with Gasteiger partial charge in [0.05, 0.1) is 36.1 Å². The van der Waals surface area contributed by atoms with Crippen LogP contribution >= 0.6 is 0 Å². The number of nitrogens with one attached hydrogen (secondary N) is 1. The molecule has 3 aromatic rings. The monoisotopic (exact) mass is 485 g/mol. The summed E-state index contributed by atoms with van der Waals surface area (Å²) in [6.07, 6.45) is 6.19. The molecule has 1 amide bonds. The molecule has 188 valence electrons. The van der Waals surface area contributed by atoms with E-state index in [2.05, 4.69) is 49.5 Å². The summed E-state index contributed by atoms with van der Waals surface area (Å²) in [6.45, 7) is 9.48. The third-order valence-corrected chi connectivity index (χ3v) is 6.93. The summed E-state index contributed by atoms with van der Waals surface area (Å²) < 4.78 is 1.87. The van der Waals surface area contributed by atoms with Crippen LogP contribution in [0.25, 0.3) is 0 Å². The van der Waals surface area contributed by atoms with E-state index in [1.54, 1.807) is 0 Å². The van der Waals surface area contributed by atoms with Gasteiger partial charge in [-0.2, -0.15) is 10.4 Å². The molecule has 0 aliphatic carbocycles. The Balaban J connectivity index is 1.30. The summed E-state index contributed by atoms with van der Waals surface area (Å²) in [4.78, 5) is 21.8. The van der Waals surface area contributed by atoms with Crippen LogP contribution < -0.4 is 10.2 Å². The number of piperazine rings is 1. The Morgan fingerprint density at radius 3 is 2.53 bits per heavy atom. The van der Waals surface area contributed by atoms with Crippen LogP contribution in [0, 0.1) is 25.2 Å². The smallest absolute Gasteiger partial charge is 0.224 e. The fourth-order valence-corrected chi connectivity index (χ4v) is 4.82. The summed E-state index contributed by atoms with van der Waals surface area (Å²) in [5, 5.41) is 16.5. The third kappa shape index (κ3) is 6.49. The number of hydrogen-bond acceptors (Lipinski definition) is 6. The molecule has 0 saturated carbocycles. The largest absolute Gasteiger partial charge is 0.367 e. The molecule has 8 nitrogen and oxygen atoms in total. The zero-order chi connectivity index (χ0) is 25.3. The number of amides is 1. The van der Waals surface area contributed by atoms with E-state index in [4.69, 9.17) is 5.26 Å². The van der Waals surface area contributed by atoms with Crippen molar-refractivity contribution in [3.05, 3.63) is 71.3 Å². The molecule has 0 atom stereocenters. The van der Waals surface area contributed by atoms with Gasteiger partial charge in [0.1, 0.15) is 0 Å². The van der Waals surface area contributed by atoms with Crippen LogP contribution in [0.3, 0.4) is 0 Å². The molecule has 1 aliphatic heterocycles. The molecule has 1 aromatic carbocycles. The van der Waals surface area contributed by atoms with Gasteiger partial charge < -0.3 is 10.2 Å². The minimum absolute atomic E-state index is 0.00186. The zero-order valence-corrected chi connectivity index (χ0v) is 21.3. The van der Waals surface area contributed by atoms with Gasteiger partial charge in [0.25, 0.3) is 0 Å².